The van der Waals surface area contributed by atoms with Gasteiger partial charge in [0.25, 0.3) is 0 Å². The van der Waals surface area contributed by atoms with Gasteiger partial charge in [-0.3, -0.25) is 24.1 Å². The fourth-order valence-electron chi connectivity index (χ4n) is 4.75. The van der Waals surface area contributed by atoms with Gasteiger partial charge in [-0.15, -0.1) is 0 Å². The highest BCUT2D eigenvalue weighted by atomic mass is 16.2. The number of hydrogen-bond acceptors (Lipinski definition) is 4. The van der Waals surface area contributed by atoms with E-state index in [0.29, 0.717) is 25.8 Å². The Morgan fingerprint density at radius 1 is 1.12 bits per heavy atom. The zero-order chi connectivity index (χ0) is 24.1. The molecule has 7 nitrogen and oxygen atoms in total. The first-order valence-corrected chi connectivity index (χ1v) is 11.9. The van der Waals surface area contributed by atoms with Crippen LogP contribution in [-0.4, -0.2) is 52.1 Å². The second-order valence-corrected chi connectivity index (χ2v) is 9.33. The van der Waals surface area contributed by atoms with Crippen LogP contribution in [0.5, 0.6) is 0 Å². The molecule has 1 aliphatic heterocycles. The van der Waals surface area contributed by atoms with Crippen molar-refractivity contribution in [1.82, 2.24) is 15.1 Å². The van der Waals surface area contributed by atoms with Gasteiger partial charge in [-0.25, -0.2) is 0 Å². The minimum Gasteiger partial charge on any atom is -0.352 e. The van der Waals surface area contributed by atoms with Crippen LogP contribution in [0.15, 0.2) is 36.4 Å². The molecule has 1 N–H and O–H groups in total. The molecule has 1 fully saturated rings. The number of amides is 4. The summed E-state index contributed by atoms with van der Waals surface area (Å²) in [6.45, 7) is 7.98. The van der Waals surface area contributed by atoms with Gasteiger partial charge < -0.3 is 10.2 Å². The van der Waals surface area contributed by atoms with Crippen LogP contribution in [0.4, 0.5) is 0 Å². The quantitative estimate of drug-likeness (QED) is 0.460. The van der Waals surface area contributed by atoms with E-state index in [-0.39, 0.29) is 54.5 Å². The van der Waals surface area contributed by atoms with Crippen molar-refractivity contribution in [3.63, 3.8) is 0 Å². The number of carbonyl (C=O) groups excluding carboxylic acids is 4. The molecule has 1 aromatic rings. The molecule has 0 radical (unpaired) electrons. The molecule has 3 atom stereocenters. The summed E-state index contributed by atoms with van der Waals surface area (Å²) in [5, 5.41) is 2.91. The molecule has 3 rings (SSSR count). The van der Waals surface area contributed by atoms with Crippen molar-refractivity contribution in [1.29, 1.82) is 0 Å². The highest BCUT2D eigenvalue weighted by molar-refractivity contribution is 6.05. The third-order valence-corrected chi connectivity index (χ3v) is 6.40. The Morgan fingerprint density at radius 3 is 2.30 bits per heavy atom. The molecular weight excluding hydrogens is 418 g/mol. The van der Waals surface area contributed by atoms with E-state index in [1.165, 1.54) is 4.90 Å². The third kappa shape index (κ3) is 5.70. The highest BCUT2D eigenvalue weighted by Crippen LogP contribution is 2.35. The SMILES string of the molecule is CC[C@H](C(=O)NC(C)C)N(Cc1cccc(C)c1)C(=O)CCN1C(=O)[C@H]2CC=CC[C@H]2C1=O. The number of aryl methyl sites for hydroxylation is 1. The normalized spacial score (nSPS) is 20.7. The molecule has 0 aromatic heterocycles. The van der Waals surface area contributed by atoms with Crippen molar-refractivity contribution in [2.75, 3.05) is 6.54 Å². The minimum absolute atomic E-state index is 0.00161. The molecule has 1 saturated heterocycles. The number of fused-ring (bicyclic) bond motifs is 1. The zero-order valence-corrected chi connectivity index (χ0v) is 20.0. The summed E-state index contributed by atoms with van der Waals surface area (Å²) in [5.41, 5.74) is 2.01. The number of allylic oxidation sites excluding steroid dienone is 2. The molecule has 2 aliphatic rings. The molecule has 0 bridgehead atoms. The van der Waals surface area contributed by atoms with Crippen LogP contribution in [0.3, 0.4) is 0 Å². The molecule has 0 saturated carbocycles. The van der Waals surface area contributed by atoms with Crippen molar-refractivity contribution in [2.24, 2.45) is 11.8 Å². The molecular formula is C26H35N3O4. The third-order valence-electron chi connectivity index (χ3n) is 6.40. The summed E-state index contributed by atoms with van der Waals surface area (Å²) in [7, 11) is 0. The van der Waals surface area contributed by atoms with Gasteiger partial charge in [0.1, 0.15) is 6.04 Å². The number of benzene rings is 1. The smallest absolute Gasteiger partial charge is 0.243 e. The van der Waals surface area contributed by atoms with Gasteiger partial charge in [0.05, 0.1) is 11.8 Å². The number of likely N-dealkylation sites (tertiary alicyclic amines) is 1. The van der Waals surface area contributed by atoms with Crippen LogP contribution >= 0.6 is 0 Å². The average molecular weight is 454 g/mol. The van der Waals surface area contributed by atoms with Gasteiger partial charge in [-0.1, -0.05) is 48.9 Å². The van der Waals surface area contributed by atoms with Crippen LogP contribution < -0.4 is 5.32 Å². The van der Waals surface area contributed by atoms with Crippen molar-refractivity contribution in [2.45, 2.75) is 72.0 Å². The fraction of sp³-hybridized carbons (Fsp3) is 0.538. The van der Waals surface area contributed by atoms with Crippen LogP contribution in [0.25, 0.3) is 0 Å². The van der Waals surface area contributed by atoms with Crippen molar-refractivity contribution in [3.05, 3.63) is 47.5 Å². The standard InChI is InChI=1S/C26H35N3O4/c1-5-22(24(31)27-17(2)3)29(16-19-10-8-9-18(4)15-19)23(30)13-14-28-25(32)20-11-6-7-12-21(20)26(28)33/h6-10,15,17,20-22H,5,11-14,16H2,1-4H3,(H,27,31)/t20-,21+,22-/m1/s1. The van der Waals surface area contributed by atoms with Gasteiger partial charge in [-0.05, 0) is 45.6 Å². The maximum absolute atomic E-state index is 13.4. The molecule has 7 heteroatoms. The zero-order valence-electron chi connectivity index (χ0n) is 20.0. The lowest BCUT2D eigenvalue weighted by molar-refractivity contribution is -0.144. The molecule has 1 heterocycles. The molecule has 1 aliphatic carbocycles. The topological polar surface area (TPSA) is 86.8 Å². The monoisotopic (exact) mass is 453 g/mol. The number of hydrogen-bond donors (Lipinski definition) is 1. The number of nitrogens with zero attached hydrogens (tertiary/aromatic N) is 2. The van der Waals surface area contributed by atoms with Gasteiger partial charge in [0.15, 0.2) is 0 Å². The number of carbonyl (C=O) groups is 4. The second kappa shape index (κ2) is 10.8. The second-order valence-electron chi connectivity index (χ2n) is 9.33. The first-order valence-electron chi connectivity index (χ1n) is 11.9. The molecule has 0 spiro atoms. The summed E-state index contributed by atoms with van der Waals surface area (Å²) >= 11 is 0. The Hall–Kier alpha value is -2.96. The first kappa shape index (κ1) is 24.7. The summed E-state index contributed by atoms with van der Waals surface area (Å²) in [5.74, 6) is -1.41. The maximum Gasteiger partial charge on any atom is 0.243 e. The lowest BCUT2D eigenvalue weighted by Crippen LogP contribution is -2.51. The average Bonchev–Trinajstić information content (AvgIpc) is 3.01. The first-order chi connectivity index (χ1) is 15.7. The largest absolute Gasteiger partial charge is 0.352 e. The summed E-state index contributed by atoms with van der Waals surface area (Å²) < 4.78 is 0. The Labute approximate surface area is 196 Å². The predicted molar refractivity (Wildman–Crippen MR) is 126 cm³/mol. The van der Waals surface area contributed by atoms with Gasteiger partial charge >= 0.3 is 0 Å². The maximum atomic E-state index is 13.4. The molecule has 0 unspecified atom stereocenters. The number of nitrogens with one attached hydrogen (secondary N) is 1. The van der Waals surface area contributed by atoms with E-state index in [4.69, 9.17) is 0 Å². The van der Waals surface area contributed by atoms with Crippen molar-refractivity contribution >= 4 is 23.6 Å². The Kier molecular flexibility index (Phi) is 8.06. The molecule has 1 aromatic carbocycles. The van der Waals surface area contributed by atoms with Crippen LogP contribution in [-0.2, 0) is 25.7 Å². The van der Waals surface area contributed by atoms with E-state index in [9.17, 15) is 19.2 Å². The van der Waals surface area contributed by atoms with Crippen LogP contribution in [0.1, 0.15) is 57.6 Å². The summed E-state index contributed by atoms with van der Waals surface area (Å²) in [6, 6.07) is 7.18. The fourth-order valence-corrected chi connectivity index (χ4v) is 4.75. The van der Waals surface area contributed by atoms with E-state index in [2.05, 4.69) is 5.32 Å². The van der Waals surface area contributed by atoms with Gasteiger partial charge in [0.2, 0.25) is 23.6 Å². The van der Waals surface area contributed by atoms with Crippen LogP contribution in [0.2, 0.25) is 0 Å². The van der Waals surface area contributed by atoms with Crippen molar-refractivity contribution in [3.8, 4) is 0 Å². The van der Waals surface area contributed by atoms with E-state index in [1.54, 1.807) is 4.90 Å². The lowest BCUT2D eigenvalue weighted by atomic mass is 9.85. The van der Waals surface area contributed by atoms with Crippen molar-refractivity contribution < 1.29 is 19.2 Å². The molecule has 178 valence electrons. The summed E-state index contributed by atoms with van der Waals surface area (Å²) in [6.07, 6.45) is 5.52. The Bertz CT molecular complexity index is 913. The van der Waals surface area contributed by atoms with Gasteiger partial charge in [-0.2, -0.15) is 0 Å². The highest BCUT2D eigenvalue weighted by Gasteiger charge is 2.47. The minimum atomic E-state index is -0.628. The van der Waals surface area contributed by atoms with Gasteiger partial charge in [0, 0.05) is 25.6 Å². The summed E-state index contributed by atoms with van der Waals surface area (Å²) in [4.78, 5) is 54.6. The molecule has 4 amide bonds. The van der Waals surface area contributed by atoms with Crippen LogP contribution in [0, 0.1) is 18.8 Å². The number of rotatable bonds is 9. The Morgan fingerprint density at radius 2 is 1.76 bits per heavy atom. The van der Waals surface area contributed by atoms with E-state index < -0.39 is 6.04 Å². The Balaban J connectivity index is 1.76. The van der Waals surface area contributed by atoms with E-state index in [0.717, 1.165) is 11.1 Å². The van der Waals surface area contributed by atoms with E-state index in [1.807, 2.05) is 64.1 Å². The predicted octanol–water partition coefficient (Wildman–Crippen LogP) is 2.97. The lowest BCUT2D eigenvalue weighted by Gasteiger charge is -2.31. The molecule has 33 heavy (non-hydrogen) atoms. The van der Waals surface area contributed by atoms with E-state index >= 15 is 0 Å². The number of imide groups is 1.